The molecule has 2 aromatic carbocycles. The zero-order valence-electron chi connectivity index (χ0n) is 16.3. The number of amides is 1. The molecule has 0 saturated heterocycles. The minimum atomic E-state index is -3.99. The number of benzene rings is 2. The van der Waals surface area contributed by atoms with Crippen molar-refractivity contribution in [2.45, 2.75) is 15.7 Å². The third-order valence-corrected chi connectivity index (χ3v) is 6.78. The molecule has 0 radical (unpaired) electrons. The van der Waals surface area contributed by atoms with Crippen LogP contribution in [0.25, 0.3) is 11.0 Å². The normalized spacial score (nSPS) is 11.4. The maximum absolute atomic E-state index is 12.9. The Balaban J connectivity index is 1.56. The molecule has 2 aromatic heterocycles. The number of sulfonamides is 1. The van der Waals surface area contributed by atoms with Crippen molar-refractivity contribution in [2.24, 2.45) is 5.73 Å². The first-order chi connectivity index (χ1) is 15.3. The number of pyridine rings is 1. The number of nitrogens with one attached hydrogen (secondary N) is 1. The largest absolute Gasteiger partial charge is 0.443 e. The van der Waals surface area contributed by atoms with Gasteiger partial charge < -0.3 is 14.9 Å². The van der Waals surface area contributed by atoms with Crippen molar-refractivity contribution in [3.63, 3.8) is 0 Å². The Morgan fingerprint density at radius 3 is 2.72 bits per heavy atom. The number of hydrogen-bond donors (Lipinski definition) is 2. The van der Waals surface area contributed by atoms with Gasteiger partial charge in [0.1, 0.15) is 5.58 Å². The van der Waals surface area contributed by atoms with Gasteiger partial charge in [0.05, 0.1) is 11.4 Å². The lowest BCUT2D eigenvalue weighted by Crippen LogP contribution is -2.17. The van der Waals surface area contributed by atoms with Crippen molar-refractivity contribution in [1.82, 2.24) is 4.98 Å². The fourth-order valence-corrected chi connectivity index (χ4v) is 5.01. The number of thioether (sulfide) groups is 1. The maximum Gasteiger partial charge on any atom is 0.411 e. The number of ether oxygens (including phenoxy) is 1. The van der Waals surface area contributed by atoms with E-state index in [0.29, 0.717) is 38.0 Å². The lowest BCUT2D eigenvalue weighted by Gasteiger charge is -2.12. The first kappa shape index (κ1) is 22.0. The highest BCUT2D eigenvalue weighted by Crippen LogP contribution is 2.34. The van der Waals surface area contributed by atoms with Crippen molar-refractivity contribution in [2.75, 3.05) is 4.72 Å². The fraction of sp³-hybridized carbons (Fsp3) is 0.0476. The van der Waals surface area contributed by atoms with Crippen molar-refractivity contribution in [3.8, 4) is 5.88 Å². The number of nitrogens with two attached hydrogens (primary N) is 1. The Bertz CT molecular complexity index is 1370. The molecule has 4 rings (SSSR count). The molecule has 0 aliphatic carbocycles. The summed E-state index contributed by atoms with van der Waals surface area (Å²) in [5.41, 5.74) is 6.39. The molecule has 32 heavy (non-hydrogen) atoms. The van der Waals surface area contributed by atoms with E-state index >= 15 is 0 Å². The van der Waals surface area contributed by atoms with Crippen molar-refractivity contribution < 1.29 is 22.4 Å². The molecule has 0 aliphatic heterocycles. The average molecular weight is 490 g/mol. The number of aromatic nitrogens is 1. The summed E-state index contributed by atoms with van der Waals surface area (Å²) in [5, 5.41) is 0.844. The lowest BCUT2D eigenvalue weighted by molar-refractivity contribution is 0.209. The standard InChI is InChI=1S/C21H16ClN3O5S2/c22-14-8-9-18(31-12-15-5-3-7-19(24-15)30-21(23)26)16(11-14)25-32(27,28)20-10-13-4-1-2-6-17(13)29-20/h1-11,25H,12H2,(H2,23,26). The number of hydrogen-bond acceptors (Lipinski definition) is 7. The molecule has 164 valence electrons. The molecule has 0 spiro atoms. The third kappa shape index (κ3) is 5.16. The number of carbonyl (C=O) groups excluding carboxylic acids is 1. The summed E-state index contributed by atoms with van der Waals surface area (Å²) >= 11 is 7.43. The molecule has 0 bridgehead atoms. The fourth-order valence-electron chi connectivity index (χ4n) is 2.84. The monoisotopic (exact) mass is 489 g/mol. The van der Waals surface area contributed by atoms with E-state index < -0.39 is 16.1 Å². The van der Waals surface area contributed by atoms with Crippen LogP contribution in [0.4, 0.5) is 10.5 Å². The van der Waals surface area contributed by atoms with E-state index in [4.69, 9.17) is 26.5 Å². The topological polar surface area (TPSA) is 125 Å². The minimum Gasteiger partial charge on any atom is -0.443 e. The highest BCUT2D eigenvalue weighted by Gasteiger charge is 2.21. The van der Waals surface area contributed by atoms with E-state index in [1.54, 1.807) is 48.5 Å². The van der Waals surface area contributed by atoms with Crippen LogP contribution in [0.5, 0.6) is 5.88 Å². The first-order valence-corrected chi connectivity index (χ1v) is 12.0. The molecule has 0 aliphatic rings. The molecule has 0 saturated carbocycles. The van der Waals surface area contributed by atoms with Crippen molar-refractivity contribution >= 4 is 56.1 Å². The zero-order valence-corrected chi connectivity index (χ0v) is 18.7. The number of furan rings is 1. The summed E-state index contributed by atoms with van der Waals surface area (Å²) in [7, 11) is -3.99. The number of rotatable bonds is 7. The van der Waals surface area contributed by atoms with E-state index in [-0.39, 0.29) is 11.0 Å². The predicted molar refractivity (Wildman–Crippen MR) is 122 cm³/mol. The minimum absolute atomic E-state index is 0.0810. The van der Waals surface area contributed by atoms with Gasteiger partial charge in [-0.1, -0.05) is 35.9 Å². The SMILES string of the molecule is NC(=O)Oc1cccc(CSc2ccc(Cl)cc2NS(=O)(=O)c2cc3ccccc3o2)n1. The summed E-state index contributed by atoms with van der Waals surface area (Å²) in [5.74, 6) is 0.453. The first-order valence-electron chi connectivity index (χ1n) is 9.17. The molecule has 8 nitrogen and oxygen atoms in total. The van der Waals surface area contributed by atoms with Crippen LogP contribution in [0.3, 0.4) is 0 Å². The molecule has 1 amide bonds. The molecular weight excluding hydrogens is 474 g/mol. The Morgan fingerprint density at radius 2 is 1.94 bits per heavy atom. The molecule has 2 heterocycles. The van der Waals surface area contributed by atoms with Crippen LogP contribution in [0.2, 0.25) is 5.02 Å². The van der Waals surface area contributed by atoms with E-state index in [2.05, 4.69) is 9.71 Å². The van der Waals surface area contributed by atoms with E-state index in [9.17, 15) is 13.2 Å². The van der Waals surface area contributed by atoms with Crippen LogP contribution in [0.15, 0.2) is 81.1 Å². The summed E-state index contributed by atoms with van der Waals surface area (Å²) in [6, 6.07) is 18.3. The second-order valence-electron chi connectivity index (χ2n) is 6.53. The average Bonchev–Trinajstić information content (AvgIpc) is 3.18. The van der Waals surface area contributed by atoms with Gasteiger partial charge in [0.25, 0.3) is 10.0 Å². The van der Waals surface area contributed by atoms with Crippen LogP contribution in [-0.4, -0.2) is 19.5 Å². The molecule has 4 aromatic rings. The van der Waals surface area contributed by atoms with E-state index in [1.807, 2.05) is 0 Å². The van der Waals surface area contributed by atoms with Crippen molar-refractivity contribution in [3.05, 3.63) is 77.4 Å². The van der Waals surface area contributed by atoms with Gasteiger partial charge in [-0.05, 0) is 30.3 Å². The molecule has 0 unspecified atom stereocenters. The number of para-hydroxylation sites is 1. The highest BCUT2D eigenvalue weighted by molar-refractivity contribution is 7.98. The van der Waals surface area contributed by atoms with Crippen LogP contribution >= 0.6 is 23.4 Å². The number of fused-ring (bicyclic) bond motifs is 1. The zero-order chi connectivity index (χ0) is 22.7. The van der Waals surface area contributed by atoms with Gasteiger partial charge in [0, 0.05) is 33.2 Å². The number of halogens is 1. The Kier molecular flexibility index (Phi) is 6.26. The molecular formula is C21H16ClN3O5S2. The number of primary amides is 1. The summed E-state index contributed by atoms with van der Waals surface area (Å²) in [6.07, 6.45) is -0.956. The third-order valence-electron chi connectivity index (χ3n) is 4.22. The van der Waals surface area contributed by atoms with Crippen LogP contribution < -0.4 is 15.2 Å². The maximum atomic E-state index is 12.9. The van der Waals surface area contributed by atoms with Gasteiger partial charge in [-0.25, -0.2) is 9.78 Å². The lowest BCUT2D eigenvalue weighted by atomic mass is 10.3. The molecule has 11 heteroatoms. The Hall–Kier alpha value is -3.21. The van der Waals surface area contributed by atoms with Gasteiger partial charge in [-0.2, -0.15) is 8.42 Å². The van der Waals surface area contributed by atoms with Crippen LogP contribution in [-0.2, 0) is 15.8 Å². The quantitative estimate of drug-likeness (QED) is 0.349. The van der Waals surface area contributed by atoms with E-state index in [1.165, 1.54) is 30.0 Å². The summed E-state index contributed by atoms with van der Waals surface area (Å²) in [6.45, 7) is 0. The predicted octanol–water partition coefficient (Wildman–Crippen LogP) is 5.03. The van der Waals surface area contributed by atoms with Crippen LogP contribution in [0.1, 0.15) is 5.69 Å². The molecule has 0 fully saturated rings. The second kappa shape index (κ2) is 9.11. The van der Waals surface area contributed by atoms with Gasteiger partial charge in [0.2, 0.25) is 11.0 Å². The van der Waals surface area contributed by atoms with Gasteiger partial charge in [-0.15, -0.1) is 11.8 Å². The summed E-state index contributed by atoms with van der Waals surface area (Å²) in [4.78, 5) is 15.7. The van der Waals surface area contributed by atoms with E-state index in [0.717, 1.165) is 0 Å². The molecule has 0 atom stereocenters. The Labute approximate surface area is 192 Å². The van der Waals surface area contributed by atoms with Crippen molar-refractivity contribution in [1.29, 1.82) is 0 Å². The number of anilines is 1. The van der Waals surface area contributed by atoms with Gasteiger partial charge in [-0.3, -0.25) is 4.72 Å². The number of nitrogens with zero attached hydrogens (tertiary/aromatic N) is 1. The van der Waals surface area contributed by atoms with Gasteiger partial charge in [0.15, 0.2) is 0 Å². The van der Waals surface area contributed by atoms with Gasteiger partial charge >= 0.3 is 6.09 Å². The molecule has 3 N–H and O–H groups in total. The second-order valence-corrected chi connectivity index (χ2v) is 9.59. The van der Waals surface area contributed by atoms with Crippen LogP contribution in [0, 0.1) is 0 Å². The summed E-state index contributed by atoms with van der Waals surface area (Å²) < 4.78 is 38.7. The number of carbonyl (C=O) groups is 1. The highest BCUT2D eigenvalue weighted by atomic mass is 35.5. The Morgan fingerprint density at radius 1 is 1.12 bits per heavy atom. The smallest absolute Gasteiger partial charge is 0.411 e.